The molecule has 0 spiro atoms. The number of hydrogen-bond acceptors (Lipinski definition) is 5. The van der Waals surface area contributed by atoms with Crippen LogP contribution >= 0.6 is 0 Å². The molecular weight excluding hydrogens is 360 g/mol. The SMILES string of the molecule is CC1CC(OCC(F)(F)COCCCOC2CN(C(=O)OC(C)(C)C)C2)C1. The number of halogens is 2. The monoisotopic (exact) mass is 393 g/mol. The molecule has 0 aromatic rings. The lowest BCUT2D eigenvalue weighted by Gasteiger charge is -2.39. The summed E-state index contributed by atoms with van der Waals surface area (Å²) in [6.07, 6.45) is 1.85. The van der Waals surface area contributed by atoms with Crippen molar-refractivity contribution in [2.45, 2.75) is 70.7 Å². The first-order valence-electron chi connectivity index (χ1n) is 9.71. The molecular formula is C19H33F2NO5. The molecule has 2 aliphatic rings. The van der Waals surface area contributed by atoms with Gasteiger partial charge in [0.15, 0.2) is 0 Å². The summed E-state index contributed by atoms with van der Waals surface area (Å²) in [6.45, 7) is 7.94. The molecule has 0 aromatic carbocycles. The topological polar surface area (TPSA) is 57.2 Å². The highest BCUT2D eigenvalue weighted by Crippen LogP contribution is 2.30. The van der Waals surface area contributed by atoms with E-state index in [9.17, 15) is 13.6 Å². The molecule has 27 heavy (non-hydrogen) atoms. The van der Waals surface area contributed by atoms with E-state index in [0.717, 1.165) is 12.8 Å². The smallest absolute Gasteiger partial charge is 0.410 e. The highest BCUT2D eigenvalue weighted by molar-refractivity contribution is 5.69. The molecule has 1 aliphatic heterocycles. The molecule has 1 aliphatic carbocycles. The van der Waals surface area contributed by atoms with Crippen molar-refractivity contribution >= 4 is 6.09 Å². The Labute approximate surface area is 160 Å². The minimum atomic E-state index is -2.96. The van der Waals surface area contributed by atoms with Gasteiger partial charge < -0.3 is 23.8 Å². The fraction of sp³-hybridized carbons (Fsp3) is 0.947. The second-order valence-electron chi connectivity index (χ2n) is 8.65. The average Bonchev–Trinajstić information content (AvgIpc) is 2.45. The Morgan fingerprint density at radius 1 is 1.04 bits per heavy atom. The summed E-state index contributed by atoms with van der Waals surface area (Å²) in [6, 6.07) is 0. The molecule has 6 nitrogen and oxygen atoms in total. The maximum atomic E-state index is 13.6. The summed E-state index contributed by atoms with van der Waals surface area (Å²) < 4.78 is 48.4. The van der Waals surface area contributed by atoms with Crippen molar-refractivity contribution in [1.29, 1.82) is 0 Å². The number of amides is 1. The van der Waals surface area contributed by atoms with Crippen LogP contribution in [0.3, 0.4) is 0 Å². The van der Waals surface area contributed by atoms with Crippen LogP contribution in [-0.4, -0.2) is 74.2 Å². The van der Waals surface area contributed by atoms with Gasteiger partial charge in [0.25, 0.3) is 5.92 Å². The van der Waals surface area contributed by atoms with Crippen molar-refractivity contribution < 1.29 is 32.5 Å². The highest BCUT2D eigenvalue weighted by Gasteiger charge is 2.35. The van der Waals surface area contributed by atoms with Gasteiger partial charge in [-0.05, 0) is 46.0 Å². The molecule has 0 aromatic heterocycles. The molecule has 0 radical (unpaired) electrons. The Morgan fingerprint density at radius 2 is 1.70 bits per heavy atom. The predicted octanol–water partition coefficient (Wildman–Crippen LogP) is 3.48. The van der Waals surface area contributed by atoms with Crippen LogP contribution in [0.1, 0.15) is 47.0 Å². The van der Waals surface area contributed by atoms with Gasteiger partial charge in [-0.1, -0.05) is 6.92 Å². The van der Waals surface area contributed by atoms with E-state index in [4.69, 9.17) is 18.9 Å². The number of hydrogen-bond donors (Lipinski definition) is 0. The summed E-state index contributed by atoms with van der Waals surface area (Å²) in [5.74, 6) is -2.38. The molecule has 0 bridgehead atoms. The Bertz CT molecular complexity index is 471. The largest absolute Gasteiger partial charge is 0.444 e. The molecule has 0 unspecified atom stereocenters. The third-order valence-corrected chi connectivity index (χ3v) is 4.46. The van der Waals surface area contributed by atoms with Gasteiger partial charge in [-0.25, -0.2) is 13.6 Å². The van der Waals surface area contributed by atoms with Gasteiger partial charge >= 0.3 is 6.09 Å². The lowest BCUT2D eigenvalue weighted by Crippen LogP contribution is -2.56. The van der Waals surface area contributed by atoms with Crippen molar-refractivity contribution in [1.82, 2.24) is 4.90 Å². The van der Waals surface area contributed by atoms with Crippen LogP contribution in [0.15, 0.2) is 0 Å². The van der Waals surface area contributed by atoms with Crippen molar-refractivity contribution in [3.63, 3.8) is 0 Å². The first-order valence-corrected chi connectivity index (χ1v) is 9.71. The average molecular weight is 393 g/mol. The lowest BCUT2D eigenvalue weighted by atomic mass is 9.84. The predicted molar refractivity (Wildman–Crippen MR) is 96.1 cm³/mol. The molecule has 0 N–H and O–H groups in total. The number of ether oxygens (including phenoxy) is 4. The van der Waals surface area contributed by atoms with Crippen LogP contribution in [0.2, 0.25) is 0 Å². The van der Waals surface area contributed by atoms with E-state index in [2.05, 4.69) is 6.92 Å². The van der Waals surface area contributed by atoms with Gasteiger partial charge in [0.05, 0.1) is 25.3 Å². The van der Waals surface area contributed by atoms with Gasteiger partial charge in [0.1, 0.15) is 18.8 Å². The molecule has 0 atom stereocenters. The summed E-state index contributed by atoms with van der Waals surface area (Å²) in [7, 11) is 0. The van der Waals surface area contributed by atoms with E-state index in [1.807, 2.05) is 20.8 Å². The molecule has 2 rings (SSSR count). The maximum absolute atomic E-state index is 13.6. The minimum Gasteiger partial charge on any atom is -0.444 e. The Morgan fingerprint density at radius 3 is 2.30 bits per heavy atom. The van der Waals surface area contributed by atoms with Crippen LogP contribution in [-0.2, 0) is 18.9 Å². The zero-order chi connectivity index (χ0) is 20.1. The Kier molecular flexibility index (Phi) is 7.83. The lowest BCUT2D eigenvalue weighted by molar-refractivity contribution is -0.154. The number of rotatable bonds is 10. The molecule has 1 saturated heterocycles. The highest BCUT2D eigenvalue weighted by atomic mass is 19.3. The minimum absolute atomic E-state index is 0.0259. The van der Waals surface area contributed by atoms with E-state index in [1.54, 1.807) is 4.90 Å². The van der Waals surface area contributed by atoms with Gasteiger partial charge in [-0.2, -0.15) is 0 Å². The number of alkyl halides is 2. The number of carbonyl (C=O) groups is 1. The zero-order valence-electron chi connectivity index (χ0n) is 16.8. The van der Waals surface area contributed by atoms with Crippen molar-refractivity contribution in [3.8, 4) is 0 Å². The van der Waals surface area contributed by atoms with Crippen LogP contribution < -0.4 is 0 Å². The maximum Gasteiger partial charge on any atom is 0.410 e. The van der Waals surface area contributed by atoms with Gasteiger partial charge in [0, 0.05) is 13.2 Å². The van der Waals surface area contributed by atoms with Gasteiger partial charge in [-0.3, -0.25) is 0 Å². The molecule has 8 heteroatoms. The standard InChI is InChI=1S/C19H33F2NO5/c1-14-8-15(9-14)26-13-19(20,21)12-24-6-5-7-25-16-10-22(11-16)17(23)27-18(2,3)4/h14-16H,5-13H2,1-4H3. The van der Waals surface area contributed by atoms with E-state index in [0.29, 0.717) is 32.0 Å². The first kappa shape index (κ1) is 22.3. The third-order valence-electron chi connectivity index (χ3n) is 4.46. The second-order valence-corrected chi connectivity index (χ2v) is 8.65. The van der Waals surface area contributed by atoms with E-state index < -0.39 is 24.7 Å². The quantitative estimate of drug-likeness (QED) is 0.532. The molecule has 1 heterocycles. The van der Waals surface area contributed by atoms with Gasteiger partial charge in [-0.15, -0.1) is 0 Å². The van der Waals surface area contributed by atoms with E-state index in [1.165, 1.54) is 0 Å². The van der Waals surface area contributed by atoms with Crippen LogP contribution in [0.4, 0.5) is 13.6 Å². The Hall–Kier alpha value is -0.990. The Balaban J connectivity index is 1.43. The van der Waals surface area contributed by atoms with Crippen LogP contribution in [0, 0.1) is 5.92 Å². The van der Waals surface area contributed by atoms with Crippen molar-refractivity contribution in [2.75, 3.05) is 39.5 Å². The number of nitrogens with zero attached hydrogens (tertiary/aromatic N) is 1. The summed E-state index contributed by atoms with van der Waals surface area (Å²) in [5.41, 5.74) is -0.510. The van der Waals surface area contributed by atoms with Crippen molar-refractivity contribution in [2.24, 2.45) is 5.92 Å². The molecule has 1 saturated carbocycles. The van der Waals surface area contributed by atoms with E-state index in [-0.39, 0.29) is 24.9 Å². The summed E-state index contributed by atoms with van der Waals surface area (Å²) in [4.78, 5) is 13.4. The van der Waals surface area contributed by atoms with Crippen molar-refractivity contribution in [3.05, 3.63) is 0 Å². The van der Waals surface area contributed by atoms with Gasteiger partial charge in [0.2, 0.25) is 0 Å². The van der Waals surface area contributed by atoms with Crippen LogP contribution in [0.25, 0.3) is 0 Å². The molecule has 2 fully saturated rings. The molecule has 1 amide bonds. The zero-order valence-corrected chi connectivity index (χ0v) is 16.8. The van der Waals surface area contributed by atoms with Crippen LogP contribution in [0.5, 0.6) is 0 Å². The first-order chi connectivity index (χ1) is 12.5. The molecule has 158 valence electrons. The summed E-state index contributed by atoms with van der Waals surface area (Å²) in [5, 5.41) is 0. The fourth-order valence-electron chi connectivity index (χ4n) is 2.90. The number of likely N-dealkylation sites (tertiary alicyclic amines) is 1. The summed E-state index contributed by atoms with van der Waals surface area (Å²) >= 11 is 0. The second kappa shape index (κ2) is 9.47. The third kappa shape index (κ3) is 8.27. The fourth-order valence-corrected chi connectivity index (χ4v) is 2.90. The van der Waals surface area contributed by atoms with E-state index >= 15 is 0 Å². The normalized spacial score (nSPS) is 23.7. The number of carbonyl (C=O) groups excluding carboxylic acids is 1.